The van der Waals surface area contributed by atoms with Gasteiger partial charge < -0.3 is 0 Å². The molecule has 0 spiro atoms. The topological polar surface area (TPSA) is 40.9 Å². The van der Waals surface area contributed by atoms with E-state index in [-0.39, 0.29) is 5.78 Å². The zero-order valence-electron chi connectivity index (χ0n) is 9.49. The lowest BCUT2D eigenvalue weighted by Crippen LogP contribution is -2.26. The molecule has 1 aliphatic rings. The molecule has 0 aliphatic heterocycles. The highest BCUT2D eigenvalue weighted by Crippen LogP contribution is 2.40. The number of aryl methyl sites for hydroxylation is 1. The van der Waals surface area contributed by atoms with Crippen LogP contribution in [-0.4, -0.2) is 5.78 Å². The van der Waals surface area contributed by atoms with Gasteiger partial charge in [0.15, 0.2) is 5.78 Å². The van der Waals surface area contributed by atoms with Crippen LogP contribution in [0.1, 0.15) is 41.6 Å². The van der Waals surface area contributed by atoms with Gasteiger partial charge in [0.05, 0.1) is 6.07 Å². The Hall–Kier alpha value is -1.62. The average Bonchev–Trinajstić information content (AvgIpc) is 2.78. The van der Waals surface area contributed by atoms with Crippen LogP contribution in [0.3, 0.4) is 0 Å². The van der Waals surface area contributed by atoms with Crippen molar-refractivity contribution in [3.05, 3.63) is 35.4 Å². The van der Waals surface area contributed by atoms with Crippen molar-refractivity contribution in [1.82, 2.24) is 0 Å². The van der Waals surface area contributed by atoms with E-state index < -0.39 is 5.41 Å². The third-order valence-electron chi connectivity index (χ3n) is 3.39. The normalized spacial score (nSPS) is 18.0. The van der Waals surface area contributed by atoms with Crippen LogP contribution in [0.4, 0.5) is 0 Å². The third-order valence-corrected chi connectivity index (χ3v) is 3.39. The molecule has 2 heteroatoms. The molecule has 0 unspecified atom stereocenters. The predicted octanol–water partition coefficient (Wildman–Crippen LogP) is 3.26. The zero-order valence-corrected chi connectivity index (χ0v) is 9.49. The number of hydrogen-bond acceptors (Lipinski definition) is 2. The largest absolute Gasteiger partial charge is 0.292 e. The number of nitrogens with zero attached hydrogens (tertiary/aromatic N) is 1. The van der Waals surface area contributed by atoms with Crippen LogP contribution in [-0.2, 0) is 0 Å². The predicted molar refractivity (Wildman–Crippen MR) is 62.0 cm³/mol. The summed E-state index contributed by atoms with van der Waals surface area (Å²) in [6.07, 6.45) is 3.42. The first-order chi connectivity index (χ1) is 7.68. The van der Waals surface area contributed by atoms with Crippen molar-refractivity contribution < 1.29 is 4.79 Å². The van der Waals surface area contributed by atoms with E-state index >= 15 is 0 Å². The summed E-state index contributed by atoms with van der Waals surface area (Å²) in [5, 5.41) is 9.25. The smallest absolute Gasteiger partial charge is 0.183 e. The van der Waals surface area contributed by atoms with E-state index in [9.17, 15) is 10.1 Å². The van der Waals surface area contributed by atoms with Crippen LogP contribution in [0.2, 0.25) is 0 Å². The molecular weight excluding hydrogens is 198 g/mol. The second-order valence-corrected chi connectivity index (χ2v) is 4.60. The Bertz CT molecular complexity index is 450. The maximum atomic E-state index is 12.3. The average molecular weight is 213 g/mol. The second kappa shape index (κ2) is 4.09. The van der Waals surface area contributed by atoms with Crippen LogP contribution in [0.25, 0.3) is 0 Å². The lowest BCUT2D eigenvalue weighted by molar-refractivity contribution is 0.0865. The molecule has 82 valence electrons. The number of nitriles is 1. The first kappa shape index (κ1) is 10.9. The first-order valence-electron chi connectivity index (χ1n) is 5.71. The standard InChI is InChI=1S/C14H15NO/c1-11-5-4-6-12(9-11)13(16)14(10-15)7-2-3-8-14/h4-6,9H,2-3,7-8H2,1H3. The van der Waals surface area contributed by atoms with Crippen molar-refractivity contribution in [2.45, 2.75) is 32.6 Å². The minimum atomic E-state index is -0.742. The van der Waals surface area contributed by atoms with Crippen molar-refractivity contribution in [2.75, 3.05) is 0 Å². The summed E-state index contributed by atoms with van der Waals surface area (Å²) < 4.78 is 0. The van der Waals surface area contributed by atoms with Gasteiger partial charge in [0.1, 0.15) is 5.41 Å². The Balaban J connectivity index is 2.35. The van der Waals surface area contributed by atoms with Crippen LogP contribution in [0.5, 0.6) is 0 Å². The molecule has 2 nitrogen and oxygen atoms in total. The molecule has 0 amide bonds. The fraction of sp³-hybridized carbons (Fsp3) is 0.429. The van der Waals surface area contributed by atoms with Gasteiger partial charge in [-0.05, 0) is 25.8 Å². The third kappa shape index (κ3) is 1.74. The second-order valence-electron chi connectivity index (χ2n) is 4.60. The summed E-state index contributed by atoms with van der Waals surface area (Å²) in [5.74, 6) is 0.0104. The molecule has 2 rings (SSSR count). The van der Waals surface area contributed by atoms with Crippen molar-refractivity contribution in [2.24, 2.45) is 5.41 Å². The van der Waals surface area contributed by atoms with Crippen LogP contribution >= 0.6 is 0 Å². The van der Waals surface area contributed by atoms with E-state index in [2.05, 4.69) is 6.07 Å². The highest BCUT2D eigenvalue weighted by Gasteiger charge is 2.41. The number of Topliss-reactive ketones (excluding diaryl/α,β-unsaturated/α-hetero) is 1. The summed E-state index contributed by atoms with van der Waals surface area (Å²) in [5.41, 5.74) is 1.01. The number of carbonyl (C=O) groups excluding carboxylic acids is 1. The SMILES string of the molecule is Cc1cccc(C(=O)C2(C#N)CCCC2)c1. The van der Waals surface area contributed by atoms with Crippen molar-refractivity contribution >= 4 is 5.78 Å². The van der Waals surface area contributed by atoms with Gasteiger partial charge in [-0.25, -0.2) is 0 Å². The lowest BCUT2D eigenvalue weighted by atomic mass is 9.80. The molecule has 0 N–H and O–H groups in total. The van der Waals surface area contributed by atoms with E-state index in [1.54, 1.807) is 0 Å². The molecule has 0 atom stereocenters. The highest BCUT2D eigenvalue weighted by atomic mass is 16.1. The van der Waals surface area contributed by atoms with E-state index in [1.165, 1.54) is 0 Å². The Morgan fingerprint density at radius 3 is 2.62 bits per heavy atom. The number of hydrogen-bond donors (Lipinski definition) is 0. The van der Waals surface area contributed by atoms with Gasteiger partial charge in [0.25, 0.3) is 0 Å². The molecule has 0 aromatic heterocycles. The monoisotopic (exact) mass is 213 g/mol. The molecule has 1 aromatic carbocycles. The maximum Gasteiger partial charge on any atom is 0.183 e. The highest BCUT2D eigenvalue weighted by molar-refractivity contribution is 6.02. The van der Waals surface area contributed by atoms with Gasteiger partial charge in [-0.2, -0.15) is 5.26 Å². The number of ketones is 1. The van der Waals surface area contributed by atoms with Crippen LogP contribution in [0.15, 0.2) is 24.3 Å². The molecule has 0 radical (unpaired) electrons. The summed E-state index contributed by atoms with van der Waals surface area (Å²) in [6, 6.07) is 9.77. The molecule has 16 heavy (non-hydrogen) atoms. The molecule has 1 aromatic rings. The van der Waals surface area contributed by atoms with E-state index in [1.807, 2.05) is 31.2 Å². The van der Waals surface area contributed by atoms with E-state index in [0.29, 0.717) is 5.56 Å². The summed E-state index contributed by atoms with van der Waals surface area (Å²) in [7, 11) is 0. The Labute approximate surface area is 95.9 Å². The summed E-state index contributed by atoms with van der Waals surface area (Å²) in [4.78, 5) is 12.3. The van der Waals surface area contributed by atoms with Crippen molar-refractivity contribution in [1.29, 1.82) is 5.26 Å². The molecule has 0 saturated heterocycles. The summed E-state index contributed by atoms with van der Waals surface area (Å²) >= 11 is 0. The van der Waals surface area contributed by atoms with E-state index in [0.717, 1.165) is 31.2 Å². The van der Waals surface area contributed by atoms with Crippen molar-refractivity contribution in [3.8, 4) is 6.07 Å². The Morgan fingerprint density at radius 2 is 2.06 bits per heavy atom. The van der Waals surface area contributed by atoms with Crippen LogP contribution in [0, 0.1) is 23.7 Å². The number of rotatable bonds is 2. The fourth-order valence-corrected chi connectivity index (χ4v) is 2.43. The molecular formula is C14H15NO. The van der Waals surface area contributed by atoms with Gasteiger partial charge in [-0.1, -0.05) is 36.6 Å². The quantitative estimate of drug-likeness (QED) is 0.707. The van der Waals surface area contributed by atoms with Gasteiger partial charge in [0.2, 0.25) is 0 Å². The maximum absolute atomic E-state index is 12.3. The molecule has 1 fully saturated rings. The number of carbonyl (C=O) groups is 1. The van der Waals surface area contributed by atoms with Gasteiger partial charge in [-0.15, -0.1) is 0 Å². The minimum absolute atomic E-state index is 0.0104. The van der Waals surface area contributed by atoms with Crippen molar-refractivity contribution in [3.63, 3.8) is 0 Å². The Kier molecular flexibility index (Phi) is 2.78. The summed E-state index contributed by atoms with van der Waals surface area (Å²) in [6.45, 7) is 1.96. The van der Waals surface area contributed by atoms with Gasteiger partial charge in [-0.3, -0.25) is 4.79 Å². The van der Waals surface area contributed by atoms with Gasteiger partial charge in [0, 0.05) is 5.56 Å². The van der Waals surface area contributed by atoms with Crippen LogP contribution < -0.4 is 0 Å². The fourth-order valence-electron chi connectivity index (χ4n) is 2.43. The first-order valence-corrected chi connectivity index (χ1v) is 5.71. The molecule has 0 bridgehead atoms. The molecule has 1 saturated carbocycles. The zero-order chi connectivity index (χ0) is 11.6. The van der Waals surface area contributed by atoms with Gasteiger partial charge >= 0.3 is 0 Å². The molecule has 1 aliphatic carbocycles. The number of benzene rings is 1. The van der Waals surface area contributed by atoms with E-state index in [4.69, 9.17) is 0 Å². The molecule has 0 heterocycles. The lowest BCUT2D eigenvalue weighted by Gasteiger charge is -2.18. The Morgan fingerprint density at radius 1 is 1.38 bits per heavy atom. The minimum Gasteiger partial charge on any atom is -0.292 e.